The zero-order valence-electron chi connectivity index (χ0n) is 9.38. The molecule has 0 spiro atoms. The van der Waals surface area contributed by atoms with Gasteiger partial charge < -0.3 is 15.2 Å². The zero-order chi connectivity index (χ0) is 10.4. The Morgan fingerprint density at radius 1 is 1.43 bits per heavy atom. The van der Waals surface area contributed by atoms with E-state index in [-0.39, 0.29) is 6.10 Å². The molecule has 0 aliphatic heterocycles. The number of ether oxygens (including phenoxy) is 1. The molecule has 84 valence electrons. The van der Waals surface area contributed by atoms with Crippen LogP contribution in [0.5, 0.6) is 0 Å². The van der Waals surface area contributed by atoms with Crippen LogP contribution in [0.1, 0.15) is 32.6 Å². The minimum absolute atomic E-state index is 0.370. The number of methoxy groups -OCH3 is 1. The molecule has 2 N–H and O–H groups in total. The zero-order valence-corrected chi connectivity index (χ0v) is 9.38. The number of aliphatic hydroxyl groups excluding tert-OH is 1. The van der Waals surface area contributed by atoms with Gasteiger partial charge in [0.2, 0.25) is 0 Å². The second-order valence-corrected chi connectivity index (χ2v) is 4.76. The topological polar surface area (TPSA) is 41.5 Å². The van der Waals surface area contributed by atoms with E-state index in [0.717, 1.165) is 6.54 Å². The Kier molecular flexibility index (Phi) is 4.85. The first-order chi connectivity index (χ1) is 6.66. The van der Waals surface area contributed by atoms with Gasteiger partial charge in [-0.3, -0.25) is 0 Å². The third-order valence-electron chi connectivity index (χ3n) is 3.10. The number of hydrogen-bond donors (Lipinski definition) is 2. The lowest BCUT2D eigenvalue weighted by Crippen LogP contribution is -2.36. The number of rotatable bonds is 6. The van der Waals surface area contributed by atoms with E-state index >= 15 is 0 Å². The monoisotopic (exact) mass is 201 g/mol. The van der Waals surface area contributed by atoms with E-state index in [2.05, 4.69) is 12.2 Å². The summed E-state index contributed by atoms with van der Waals surface area (Å²) in [7, 11) is 1.61. The molecule has 0 aromatic heterocycles. The Morgan fingerprint density at radius 3 is 2.64 bits per heavy atom. The van der Waals surface area contributed by atoms with Crippen molar-refractivity contribution >= 4 is 0 Å². The second-order valence-electron chi connectivity index (χ2n) is 4.76. The summed E-state index contributed by atoms with van der Waals surface area (Å²) in [6.45, 7) is 4.41. The average molecular weight is 201 g/mol. The van der Waals surface area contributed by atoms with Crippen molar-refractivity contribution in [3.8, 4) is 0 Å². The summed E-state index contributed by atoms with van der Waals surface area (Å²) in [6, 6.07) is 0. The summed E-state index contributed by atoms with van der Waals surface area (Å²) < 4.78 is 4.86. The largest absolute Gasteiger partial charge is 0.389 e. The molecule has 1 aliphatic rings. The normalized spacial score (nSPS) is 22.5. The van der Waals surface area contributed by atoms with E-state index in [1.54, 1.807) is 7.11 Å². The van der Waals surface area contributed by atoms with Gasteiger partial charge in [0.05, 0.1) is 12.7 Å². The Hall–Kier alpha value is -0.120. The van der Waals surface area contributed by atoms with Gasteiger partial charge >= 0.3 is 0 Å². The quantitative estimate of drug-likeness (QED) is 0.677. The number of nitrogens with one attached hydrogen (secondary N) is 1. The lowest BCUT2D eigenvalue weighted by atomic mass is 9.89. The van der Waals surface area contributed by atoms with Crippen molar-refractivity contribution in [3.05, 3.63) is 0 Å². The van der Waals surface area contributed by atoms with Crippen LogP contribution in [0.2, 0.25) is 0 Å². The Balaban J connectivity index is 2.08. The van der Waals surface area contributed by atoms with Gasteiger partial charge in [0.1, 0.15) is 0 Å². The highest BCUT2D eigenvalue weighted by atomic mass is 16.5. The Bertz CT molecular complexity index is 155. The predicted molar refractivity (Wildman–Crippen MR) is 57.3 cm³/mol. The molecule has 0 amide bonds. The van der Waals surface area contributed by atoms with Crippen molar-refractivity contribution in [2.75, 3.05) is 26.8 Å². The van der Waals surface area contributed by atoms with Gasteiger partial charge in [-0.15, -0.1) is 0 Å². The summed E-state index contributed by atoms with van der Waals surface area (Å²) in [5.74, 6) is 0. The molecule has 1 atom stereocenters. The maximum Gasteiger partial charge on any atom is 0.0897 e. The van der Waals surface area contributed by atoms with Crippen LogP contribution >= 0.6 is 0 Å². The molecule has 0 radical (unpaired) electrons. The third-order valence-corrected chi connectivity index (χ3v) is 3.10. The second kappa shape index (κ2) is 5.69. The van der Waals surface area contributed by atoms with E-state index in [4.69, 9.17) is 4.74 Å². The maximum absolute atomic E-state index is 9.42. The highest BCUT2D eigenvalue weighted by Gasteiger charge is 2.27. The molecule has 0 bridgehead atoms. The fourth-order valence-electron chi connectivity index (χ4n) is 2.20. The molecule has 14 heavy (non-hydrogen) atoms. The Labute approximate surface area is 86.8 Å². The van der Waals surface area contributed by atoms with E-state index in [9.17, 15) is 5.11 Å². The van der Waals surface area contributed by atoms with E-state index in [1.807, 2.05) is 0 Å². The highest BCUT2D eigenvalue weighted by molar-refractivity contribution is 4.82. The standard InChI is InChI=1S/C11H23NO2/c1-11(5-3-4-6-11)9-12-7-10(13)8-14-2/h10,12-13H,3-9H2,1-2H3. The van der Waals surface area contributed by atoms with Gasteiger partial charge in [-0.1, -0.05) is 19.8 Å². The molecule has 3 nitrogen and oxygen atoms in total. The molecule has 1 saturated carbocycles. The van der Waals surface area contributed by atoms with E-state index in [1.165, 1.54) is 25.7 Å². The Morgan fingerprint density at radius 2 is 2.07 bits per heavy atom. The van der Waals surface area contributed by atoms with Gasteiger partial charge in [0, 0.05) is 20.2 Å². The molecule has 0 saturated heterocycles. The SMILES string of the molecule is COCC(O)CNCC1(C)CCCC1. The van der Waals surface area contributed by atoms with Gasteiger partial charge in [-0.2, -0.15) is 0 Å². The van der Waals surface area contributed by atoms with Crippen LogP contribution in [0, 0.1) is 5.41 Å². The van der Waals surface area contributed by atoms with Crippen molar-refractivity contribution in [2.45, 2.75) is 38.7 Å². The molecule has 0 heterocycles. The minimum Gasteiger partial charge on any atom is -0.389 e. The summed E-state index contributed by atoms with van der Waals surface area (Å²) >= 11 is 0. The van der Waals surface area contributed by atoms with Gasteiger partial charge in [-0.25, -0.2) is 0 Å². The first kappa shape index (κ1) is 12.0. The molecule has 1 rings (SSSR count). The first-order valence-electron chi connectivity index (χ1n) is 5.54. The lowest BCUT2D eigenvalue weighted by molar-refractivity contribution is 0.0628. The van der Waals surface area contributed by atoms with Crippen molar-refractivity contribution in [1.82, 2.24) is 5.32 Å². The summed E-state index contributed by atoms with van der Waals surface area (Å²) in [5, 5.41) is 12.7. The maximum atomic E-state index is 9.42. The fourth-order valence-corrected chi connectivity index (χ4v) is 2.20. The van der Waals surface area contributed by atoms with E-state index in [0.29, 0.717) is 18.6 Å². The third kappa shape index (κ3) is 3.95. The van der Waals surface area contributed by atoms with E-state index < -0.39 is 0 Å². The van der Waals surface area contributed by atoms with Gasteiger partial charge in [-0.05, 0) is 18.3 Å². The van der Waals surface area contributed by atoms with Gasteiger partial charge in [0.25, 0.3) is 0 Å². The molecule has 1 unspecified atom stereocenters. The molecular weight excluding hydrogens is 178 g/mol. The minimum atomic E-state index is -0.370. The van der Waals surface area contributed by atoms with Crippen molar-refractivity contribution in [3.63, 3.8) is 0 Å². The highest BCUT2D eigenvalue weighted by Crippen LogP contribution is 2.36. The van der Waals surface area contributed by atoms with Crippen LogP contribution in [-0.2, 0) is 4.74 Å². The van der Waals surface area contributed by atoms with Gasteiger partial charge in [0.15, 0.2) is 0 Å². The predicted octanol–water partition coefficient (Wildman–Crippen LogP) is 1.16. The van der Waals surface area contributed by atoms with Crippen molar-refractivity contribution < 1.29 is 9.84 Å². The molecular formula is C11H23NO2. The van der Waals surface area contributed by atoms with Crippen LogP contribution in [0.4, 0.5) is 0 Å². The molecule has 3 heteroatoms. The summed E-state index contributed by atoms with van der Waals surface area (Å²) in [4.78, 5) is 0. The number of aliphatic hydroxyl groups is 1. The first-order valence-corrected chi connectivity index (χ1v) is 5.54. The van der Waals surface area contributed by atoms with Crippen LogP contribution < -0.4 is 5.32 Å². The van der Waals surface area contributed by atoms with Crippen LogP contribution in [0.15, 0.2) is 0 Å². The molecule has 1 fully saturated rings. The molecule has 0 aromatic rings. The summed E-state index contributed by atoms with van der Waals surface area (Å²) in [5.41, 5.74) is 0.465. The van der Waals surface area contributed by atoms with Crippen LogP contribution in [-0.4, -0.2) is 38.0 Å². The number of hydrogen-bond acceptors (Lipinski definition) is 3. The van der Waals surface area contributed by atoms with Crippen LogP contribution in [0.25, 0.3) is 0 Å². The lowest BCUT2D eigenvalue weighted by Gasteiger charge is -2.24. The molecule has 1 aliphatic carbocycles. The van der Waals surface area contributed by atoms with Crippen LogP contribution in [0.3, 0.4) is 0 Å². The smallest absolute Gasteiger partial charge is 0.0897 e. The van der Waals surface area contributed by atoms with Crippen molar-refractivity contribution in [2.24, 2.45) is 5.41 Å². The molecule has 0 aromatic carbocycles. The average Bonchev–Trinajstić information content (AvgIpc) is 2.53. The fraction of sp³-hybridized carbons (Fsp3) is 1.00. The summed E-state index contributed by atoms with van der Waals surface area (Å²) in [6.07, 6.45) is 4.99. The van der Waals surface area contributed by atoms with Crippen molar-refractivity contribution in [1.29, 1.82) is 0 Å².